The van der Waals surface area contributed by atoms with Gasteiger partial charge in [0.1, 0.15) is 5.69 Å². The van der Waals surface area contributed by atoms with Gasteiger partial charge in [-0.2, -0.15) is 0 Å². The molecule has 0 bridgehead atoms. The topological polar surface area (TPSA) is 95.1 Å². The van der Waals surface area contributed by atoms with Crippen molar-refractivity contribution in [3.05, 3.63) is 29.0 Å². The summed E-state index contributed by atoms with van der Waals surface area (Å²) in [6.45, 7) is 4.25. The molecule has 1 heterocycles. The maximum absolute atomic E-state index is 11.9. The normalized spacial score (nSPS) is 22.2. The first kappa shape index (κ1) is 20.4. The summed E-state index contributed by atoms with van der Waals surface area (Å²) < 4.78 is 0. The molecule has 0 unspecified atom stereocenters. The Morgan fingerprint density at radius 3 is 2.81 bits per heavy atom. The lowest BCUT2D eigenvalue weighted by molar-refractivity contribution is -0.120. The van der Waals surface area contributed by atoms with Crippen molar-refractivity contribution in [2.45, 2.75) is 39.2 Å². The van der Waals surface area contributed by atoms with E-state index in [1.165, 1.54) is 25.1 Å². The molecule has 0 saturated heterocycles. The molecule has 1 aliphatic rings. The van der Waals surface area contributed by atoms with Gasteiger partial charge in [0.05, 0.1) is 6.54 Å². The van der Waals surface area contributed by atoms with Gasteiger partial charge in [-0.1, -0.05) is 38.3 Å². The van der Waals surface area contributed by atoms with E-state index in [4.69, 9.17) is 23.8 Å². The second kappa shape index (κ2) is 9.68. The minimum Gasteiger partial charge on any atom is -0.358 e. The van der Waals surface area contributed by atoms with Crippen molar-refractivity contribution in [2.24, 2.45) is 11.8 Å². The van der Waals surface area contributed by atoms with Crippen LogP contribution in [0.5, 0.6) is 0 Å². The van der Waals surface area contributed by atoms with Crippen LogP contribution in [0.2, 0.25) is 5.02 Å². The fourth-order valence-electron chi connectivity index (χ4n) is 2.94. The molecular weight excluding hydrogens is 374 g/mol. The molecule has 2 rings (SSSR count). The number of nitrogens with zero attached hydrogens (tertiary/aromatic N) is 1. The molecule has 4 N–H and O–H groups in total. The molecule has 2 amide bonds. The SMILES string of the molecule is C[C@@H]1[C@@H](C)CCC[C@H]1NC(=S)NNC(=O)CNC(=O)c1cc(Cl)ccn1. The quantitative estimate of drug-likeness (QED) is 0.457. The molecule has 0 spiro atoms. The van der Waals surface area contributed by atoms with E-state index in [1.54, 1.807) is 6.07 Å². The first-order chi connectivity index (χ1) is 12.4. The number of hydrogen-bond donors (Lipinski definition) is 4. The number of hydrogen-bond acceptors (Lipinski definition) is 4. The summed E-state index contributed by atoms with van der Waals surface area (Å²) in [5.41, 5.74) is 5.28. The Bertz CT molecular complexity index is 672. The average Bonchev–Trinajstić information content (AvgIpc) is 2.61. The fraction of sp³-hybridized carbons (Fsp3) is 0.529. The number of pyridine rings is 1. The van der Waals surface area contributed by atoms with E-state index in [9.17, 15) is 9.59 Å². The Labute approximate surface area is 163 Å². The largest absolute Gasteiger partial charge is 0.358 e. The molecular formula is C17H24ClN5O2S. The van der Waals surface area contributed by atoms with Crippen LogP contribution in [0.25, 0.3) is 0 Å². The first-order valence-electron chi connectivity index (χ1n) is 8.62. The smallest absolute Gasteiger partial charge is 0.270 e. The van der Waals surface area contributed by atoms with Crippen LogP contribution in [0.15, 0.2) is 18.3 Å². The Kier molecular flexibility index (Phi) is 7.59. The van der Waals surface area contributed by atoms with Gasteiger partial charge in [-0.25, -0.2) is 0 Å². The van der Waals surface area contributed by atoms with E-state index < -0.39 is 11.8 Å². The number of carbonyl (C=O) groups is 2. The van der Waals surface area contributed by atoms with Crippen LogP contribution < -0.4 is 21.5 Å². The van der Waals surface area contributed by atoms with E-state index >= 15 is 0 Å². The summed E-state index contributed by atoms with van der Waals surface area (Å²) in [5, 5.41) is 6.48. The molecule has 0 aromatic carbocycles. The van der Waals surface area contributed by atoms with Crippen LogP contribution in [0.1, 0.15) is 43.6 Å². The van der Waals surface area contributed by atoms with Gasteiger partial charge in [-0.3, -0.25) is 25.4 Å². The van der Waals surface area contributed by atoms with E-state index in [-0.39, 0.29) is 12.2 Å². The second-order valence-corrected chi connectivity index (χ2v) is 7.41. The molecule has 1 aromatic heterocycles. The maximum atomic E-state index is 11.9. The number of aromatic nitrogens is 1. The minimum atomic E-state index is -0.478. The van der Waals surface area contributed by atoms with Gasteiger partial charge in [0.15, 0.2) is 5.11 Å². The molecule has 7 nitrogen and oxygen atoms in total. The van der Waals surface area contributed by atoms with Crippen LogP contribution in [-0.2, 0) is 4.79 Å². The van der Waals surface area contributed by atoms with Gasteiger partial charge >= 0.3 is 0 Å². The summed E-state index contributed by atoms with van der Waals surface area (Å²) in [6, 6.07) is 3.29. The van der Waals surface area contributed by atoms with Crippen molar-refractivity contribution in [3.63, 3.8) is 0 Å². The third-order valence-corrected chi connectivity index (χ3v) is 5.16. The summed E-state index contributed by atoms with van der Waals surface area (Å²) in [4.78, 5) is 27.6. The van der Waals surface area contributed by atoms with E-state index in [0.29, 0.717) is 28.0 Å². The second-order valence-electron chi connectivity index (χ2n) is 6.56. The van der Waals surface area contributed by atoms with Crippen molar-refractivity contribution < 1.29 is 9.59 Å². The third kappa shape index (κ3) is 6.10. The molecule has 0 aliphatic heterocycles. The fourth-order valence-corrected chi connectivity index (χ4v) is 3.30. The Balaban J connectivity index is 1.69. The van der Waals surface area contributed by atoms with Crippen molar-refractivity contribution in [2.75, 3.05) is 6.54 Å². The number of hydrazine groups is 1. The van der Waals surface area contributed by atoms with Crippen molar-refractivity contribution >= 4 is 40.7 Å². The van der Waals surface area contributed by atoms with Crippen LogP contribution in [0.4, 0.5) is 0 Å². The predicted octanol–water partition coefficient (Wildman–Crippen LogP) is 1.78. The predicted molar refractivity (Wildman–Crippen MR) is 105 cm³/mol. The molecule has 142 valence electrons. The molecule has 1 aliphatic carbocycles. The van der Waals surface area contributed by atoms with Gasteiger partial charge in [0.25, 0.3) is 11.8 Å². The van der Waals surface area contributed by atoms with Crippen molar-refractivity contribution in [3.8, 4) is 0 Å². The molecule has 1 saturated carbocycles. The molecule has 1 aromatic rings. The highest BCUT2D eigenvalue weighted by atomic mass is 35.5. The Morgan fingerprint density at radius 1 is 1.31 bits per heavy atom. The Hall–Kier alpha value is -1.93. The number of amides is 2. The number of rotatable bonds is 4. The first-order valence-corrected chi connectivity index (χ1v) is 9.40. The highest BCUT2D eigenvalue weighted by molar-refractivity contribution is 7.80. The highest BCUT2D eigenvalue weighted by Crippen LogP contribution is 2.29. The van der Waals surface area contributed by atoms with Crippen LogP contribution >= 0.6 is 23.8 Å². The standard InChI is InChI=1S/C17H24ClN5O2S/c1-10-4-3-5-13(11(10)2)21-17(26)23-22-15(24)9-20-16(25)14-8-12(18)6-7-19-14/h6-8,10-11,13H,3-5,9H2,1-2H3,(H,20,25)(H,22,24)(H2,21,23,26)/t10-,11+,13+/m0/s1. The van der Waals surface area contributed by atoms with Crippen LogP contribution in [0.3, 0.4) is 0 Å². The highest BCUT2D eigenvalue weighted by Gasteiger charge is 2.27. The lowest BCUT2D eigenvalue weighted by atomic mass is 9.78. The van der Waals surface area contributed by atoms with Crippen LogP contribution in [0, 0.1) is 11.8 Å². The van der Waals surface area contributed by atoms with Crippen molar-refractivity contribution in [1.29, 1.82) is 0 Å². The van der Waals surface area contributed by atoms with E-state index in [1.807, 2.05) is 0 Å². The molecule has 26 heavy (non-hydrogen) atoms. The zero-order valence-electron chi connectivity index (χ0n) is 14.8. The average molecular weight is 398 g/mol. The van der Waals surface area contributed by atoms with Gasteiger partial charge in [-0.15, -0.1) is 0 Å². The lowest BCUT2D eigenvalue weighted by Gasteiger charge is -2.35. The Morgan fingerprint density at radius 2 is 2.08 bits per heavy atom. The number of halogens is 1. The van der Waals surface area contributed by atoms with E-state index in [0.717, 1.165) is 6.42 Å². The summed E-state index contributed by atoms with van der Waals surface area (Å²) >= 11 is 11.0. The van der Waals surface area contributed by atoms with Gasteiger partial charge in [-0.05, 0) is 42.6 Å². The zero-order chi connectivity index (χ0) is 19.1. The summed E-state index contributed by atoms with van der Waals surface area (Å²) in [6.07, 6.45) is 4.89. The number of nitrogens with one attached hydrogen (secondary N) is 4. The number of thiocarbonyl (C=S) groups is 1. The van der Waals surface area contributed by atoms with Crippen molar-refractivity contribution in [1.82, 2.24) is 26.5 Å². The number of carbonyl (C=O) groups excluding carboxylic acids is 2. The third-order valence-electron chi connectivity index (χ3n) is 4.70. The maximum Gasteiger partial charge on any atom is 0.270 e. The molecule has 9 heteroatoms. The minimum absolute atomic E-state index is 0.149. The monoisotopic (exact) mass is 397 g/mol. The van der Waals surface area contributed by atoms with Crippen LogP contribution in [-0.4, -0.2) is 34.5 Å². The van der Waals surface area contributed by atoms with Gasteiger partial charge in [0.2, 0.25) is 0 Å². The molecule has 0 radical (unpaired) electrons. The molecule has 3 atom stereocenters. The summed E-state index contributed by atoms with van der Waals surface area (Å²) in [5.74, 6) is 0.264. The molecule has 1 fully saturated rings. The van der Waals surface area contributed by atoms with Gasteiger partial charge in [0, 0.05) is 17.3 Å². The van der Waals surface area contributed by atoms with Gasteiger partial charge < -0.3 is 10.6 Å². The van der Waals surface area contributed by atoms with E-state index in [2.05, 4.69) is 40.3 Å². The zero-order valence-corrected chi connectivity index (χ0v) is 16.4. The summed E-state index contributed by atoms with van der Waals surface area (Å²) in [7, 11) is 0. The lowest BCUT2D eigenvalue weighted by Crippen LogP contribution is -2.53.